The van der Waals surface area contributed by atoms with Crippen molar-refractivity contribution in [3.8, 4) is 0 Å². The predicted molar refractivity (Wildman–Crippen MR) is 70.8 cm³/mol. The first-order valence-electron chi connectivity index (χ1n) is 8.05. The maximum Gasteiger partial charge on any atom is 0.317 e. The Bertz CT molecular complexity index is 517. The number of hydrogen-bond acceptors (Lipinski definition) is 6. The summed E-state index contributed by atoms with van der Waals surface area (Å²) >= 11 is 0. The second-order valence-corrected chi connectivity index (χ2v) is 7.05. The predicted octanol–water partition coefficient (Wildman–Crippen LogP) is 1.22. The number of cyclic esters (lactones) is 4. The first-order chi connectivity index (χ1) is 10.5. The molecule has 2 saturated heterocycles. The van der Waals surface area contributed by atoms with Crippen LogP contribution in [-0.2, 0) is 28.7 Å². The van der Waals surface area contributed by atoms with Gasteiger partial charge in [-0.25, -0.2) is 0 Å². The van der Waals surface area contributed by atoms with E-state index in [1.807, 2.05) is 0 Å². The quantitative estimate of drug-likeness (QED) is 0.535. The van der Waals surface area contributed by atoms with E-state index in [2.05, 4.69) is 0 Å². The van der Waals surface area contributed by atoms with Crippen molar-refractivity contribution in [2.75, 3.05) is 0 Å². The monoisotopic (exact) mass is 306 g/mol. The summed E-state index contributed by atoms with van der Waals surface area (Å²) in [6.45, 7) is 0. The van der Waals surface area contributed by atoms with Crippen LogP contribution in [0.1, 0.15) is 38.5 Å². The third-order valence-electron chi connectivity index (χ3n) is 6.06. The van der Waals surface area contributed by atoms with E-state index in [-0.39, 0.29) is 47.5 Å². The molecule has 6 atom stereocenters. The van der Waals surface area contributed by atoms with Gasteiger partial charge in [-0.15, -0.1) is 0 Å². The van der Waals surface area contributed by atoms with E-state index in [0.717, 1.165) is 12.8 Å². The van der Waals surface area contributed by atoms with Gasteiger partial charge in [0.2, 0.25) is 0 Å². The van der Waals surface area contributed by atoms with E-state index in [0.29, 0.717) is 37.5 Å². The molecule has 0 spiro atoms. The summed E-state index contributed by atoms with van der Waals surface area (Å²) < 4.78 is 9.50. The molecule has 0 aromatic rings. The highest BCUT2D eigenvalue weighted by Gasteiger charge is 2.52. The number of fused-ring (bicyclic) bond motifs is 2. The van der Waals surface area contributed by atoms with Gasteiger partial charge in [0, 0.05) is 0 Å². The SMILES string of the molecule is O=C1OC(=O)[C@H]2C[C@@H]([C@@H]3CC[C@H]4C(=O)OC(=O)[C@@H]4C3)CC[C@H]12. The van der Waals surface area contributed by atoms with Crippen LogP contribution >= 0.6 is 0 Å². The van der Waals surface area contributed by atoms with E-state index >= 15 is 0 Å². The van der Waals surface area contributed by atoms with Crippen LogP contribution in [0.4, 0.5) is 0 Å². The first-order valence-corrected chi connectivity index (χ1v) is 8.05. The van der Waals surface area contributed by atoms with Gasteiger partial charge < -0.3 is 9.47 Å². The van der Waals surface area contributed by atoms with Crippen molar-refractivity contribution in [3.63, 3.8) is 0 Å². The van der Waals surface area contributed by atoms with Crippen LogP contribution in [0.2, 0.25) is 0 Å². The highest BCUT2D eigenvalue weighted by Crippen LogP contribution is 2.48. The van der Waals surface area contributed by atoms with Crippen molar-refractivity contribution in [3.05, 3.63) is 0 Å². The van der Waals surface area contributed by atoms with Crippen LogP contribution in [0.3, 0.4) is 0 Å². The summed E-state index contributed by atoms with van der Waals surface area (Å²) in [7, 11) is 0. The largest absolute Gasteiger partial charge is 0.393 e. The van der Waals surface area contributed by atoms with Gasteiger partial charge >= 0.3 is 23.9 Å². The molecule has 2 aliphatic carbocycles. The zero-order valence-corrected chi connectivity index (χ0v) is 12.2. The highest BCUT2D eigenvalue weighted by atomic mass is 16.6. The van der Waals surface area contributed by atoms with Crippen molar-refractivity contribution in [2.45, 2.75) is 38.5 Å². The summed E-state index contributed by atoms with van der Waals surface area (Å²) in [5.74, 6) is -2.01. The minimum Gasteiger partial charge on any atom is -0.393 e. The zero-order chi connectivity index (χ0) is 15.4. The fourth-order valence-electron chi connectivity index (χ4n) is 4.85. The highest BCUT2D eigenvalue weighted by molar-refractivity contribution is 5.97. The average molecular weight is 306 g/mol. The Labute approximate surface area is 127 Å². The Kier molecular flexibility index (Phi) is 3.09. The number of ether oxygens (including phenoxy) is 2. The normalized spacial score (nSPS) is 44.4. The standard InChI is InChI=1S/C16H18O6/c17-13-9-3-1-7(5-11(9)15(19)21-13)8-2-4-10-12(6-8)16(20)22-14(10)18/h7-12H,1-6H2/t7-,8+,9-,10+,11-,12+. The number of esters is 4. The van der Waals surface area contributed by atoms with Gasteiger partial charge in [-0.05, 0) is 50.4 Å². The molecule has 0 aromatic carbocycles. The second-order valence-electron chi connectivity index (χ2n) is 7.05. The summed E-state index contributed by atoms with van der Waals surface area (Å²) in [6.07, 6.45) is 4.48. The van der Waals surface area contributed by atoms with Gasteiger partial charge in [0.25, 0.3) is 0 Å². The van der Waals surface area contributed by atoms with Gasteiger partial charge in [0.05, 0.1) is 23.7 Å². The number of carbonyl (C=O) groups is 4. The molecule has 0 unspecified atom stereocenters. The third kappa shape index (κ3) is 2.00. The summed E-state index contributed by atoms with van der Waals surface area (Å²) in [4.78, 5) is 46.7. The Morgan fingerprint density at radius 2 is 0.909 bits per heavy atom. The molecule has 6 heteroatoms. The molecule has 118 valence electrons. The van der Waals surface area contributed by atoms with Gasteiger partial charge in [-0.2, -0.15) is 0 Å². The average Bonchev–Trinajstić information content (AvgIpc) is 2.96. The minimum absolute atomic E-state index is 0.266. The molecular weight excluding hydrogens is 288 g/mol. The van der Waals surface area contributed by atoms with Crippen molar-refractivity contribution in [2.24, 2.45) is 35.5 Å². The van der Waals surface area contributed by atoms with Crippen LogP contribution in [0.15, 0.2) is 0 Å². The Morgan fingerprint density at radius 1 is 0.545 bits per heavy atom. The molecule has 6 nitrogen and oxygen atoms in total. The zero-order valence-electron chi connectivity index (χ0n) is 12.2. The lowest BCUT2D eigenvalue weighted by molar-refractivity contribution is -0.155. The lowest BCUT2D eigenvalue weighted by atomic mass is 9.64. The minimum atomic E-state index is -0.385. The third-order valence-corrected chi connectivity index (χ3v) is 6.06. The smallest absolute Gasteiger partial charge is 0.317 e. The summed E-state index contributed by atoms with van der Waals surface area (Å²) in [6, 6.07) is 0. The van der Waals surface area contributed by atoms with E-state index in [9.17, 15) is 19.2 Å². The van der Waals surface area contributed by atoms with Crippen molar-refractivity contribution in [1.82, 2.24) is 0 Å². The van der Waals surface area contributed by atoms with Crippen LogP contribution < -0.4 is 0 Å². The van der Waals surface area contributed by atoms with Crippen molar-refractivity contribution < 1.29 is 28.7 Å². The molecule has 0 N–H and O–H groups in total. The molecule has 22 heavy (non-hydrogen) atoms. The van der Waals surface area contributed by atoms with E-state index in [1.165, 1.54) is 0 Å². The molecule has 2 saturated carbocycles. The molecule has 0 bridgehead atoms. The molecule has 2 aliphatic heterocycles. The maximum atomic E-state index is 11.8. The van der Waals surface area contributed by atoms with Gasteiger partial charge in [-0.3, -0.25) is 19.2 Å². The van der Waals surface area contributed by atoms with Crippen LogP contribution in [0, 0.1) is 35.5 Å². The number of hydrogen-bond donors (Lipinski definition) is 0. The van der Waals surface area contributed by atoms with Crippen LogP contribution in [0.25, 0.3) is 0 Å². The molecule has 0 aromatic heterocycles. The second kappa shape index (κ2) is 4.89. The number of rotatable bonds is 1. The number of carbonyl (C=O) groups excluding carboxylic acids is 4. The first kappa shape index (κ1) is 13.9. The Hall–Kier alpha value is -1.72. The molecule has 2 heterocycles. The lowest BCUT2D eigenvalue weighted by Gasteiger charge is -2.37. The van der Waals surface area contributed by atoms with Gasteiger partial charge in [0.15, 0.2) is 0 Å². The van der Waals surface area contributed by atoms with E-state index in [4.69, 9.17) is 9.47 Å². The lowest BCUT2D eigenvalue weighted by Crippen LogP contribution is -2.35. The summed E-state index contributed by atoms with van der Waals surface area (Å²) in [5, 5.41) is 0. The summed E-state index contributed by atoms with van der Waals surface area (Å²) in [5.41, 5.74) is 0. The fourth-order valence-corrected chi connectivity index (χ4v) is 4.85. The van der Waals surface area contributed by atoms with Gasteiger partial charge in [-0.1, -0.05) is 0 Å². The molecule has 4 aliphatic rings. The molecule has 4 rings (SSSR count). The maximum absolute atomic E-state index is 11.8. The van der Waals surface area contributed by atoms with E-state index < -0.39 is 0 Å². The van der Waals surface area contributed by atoms with Gasteiger partial charge in [0.1, 0.15) is 0 Å². The van der Waals surface area contributed by atoms with Crippen LogP contribution in [-0.4, -0.2) is 23.9 Å². The molecule has 4 fully saturated rings. The van der Waals surface area contributed by atoms with E-state index in [1.54, 1.807) is 0 Å². The Morgan fingerprint density at radius 3 is 1.32 bits per heavy atom. The molecule has 0 radical (unpaired) electrons. The van der Waals surface area contributed by atoms with Crippen molar-refractivity contribution in [1.29, 1.82) is 0 Å². The topological polar surface area (TPSA) is 86.7 Å². The van der Waals surface area contributed by atoms with Crippen LogP contribution in [0.5, 0.6) is 0 Å². The fraction of sp³-hybridized carbons (Fsp3) is 0.750. The molecule has 0 amide bonds. The van der Waals surface area contributed by atoms with Crippen molar-refractivity contribution >= 4 is 23.9 Å². The Balaban J connectivity index is 1.45. The molecular formula is C16H18O6.